The van der Waals surface area contributed by atoms with Gasteiger partial charge in [-0.3, -0.25) is 10.1 Å². The van der Waals surface area contributed by atoms with Gasteiger partial charge in [0.25, 0.3) is 5.92 Å². The maximum Gasteiger partial charge on any atom is 0.262 e. The average molecular weight is 365 g/mol. The maximum absolute atomic E-state index is 13.3. The molecule has 8 heteroatoms. The van der Waals surface area contributed by atoms with E-state index in [2.05, 4.69) is 5.32 Å². The van der Waals surface area contributed by atoms with Crippen LogP contribution in [0.5, 0.6) is 11.5 Å². The summed E-state index contributed by atoms with van der Waals surface area (Å²) in [7, 11) is 3.08. The molecule has 136 valence electrons. The number of carbonyl (C=O) groups excluding carboxylic acids is 1. The topological polar surface area (TPSA) is 50.8 Å². The van der Waals surface area contributed by atoms with Crippen LogP contribution >= 0.6 is 12.4 Å². The number of carbonyl (C=O) groups is 1. The fourth-order valence-corrected chi connectivity index (χ4v) is 2.66. The Bertz CT molecular complexity index is 572. The highest BCUT2D eigenvalue weighted by atomic mass is 35.5. The molecule has 0 spiro atoms. The first kappa shape index (κ1) is 20.4. The fourth-order valence-electron chi connectivity index (χ4n) is 2.66. The number of nitrogens with zero attached hydrogens (tertiary/aromatic N) is 1. The minimum absolute atomic E-state index is 0. The van der Waals surface area contributed by atoms with Crippen molar-refractivity contribution in [2.75, 3.05) is 27.3 Å². The molecule has 0 aliphatic carbocycles. The Labute approximate surface area is 146 Å². The summed E-state index contributed by atoms with van der Waals surface area (Å²) in [4.78, 5) is 14.0. The third-order valence-electron chi connectivity index (χ3n) is 3.92. The van der Waals surface area contributed by atoms with Gasteiger partial charge in [-0.2, -0.15) is 0 Å². The zero-order valence-electron chi connectivity index (χ0n) is 14.0. The molecule has 5 nitrogen and oxygen atoms in total. The van der Waals surface area contributed by atoms with Crippen molar-refractivity contribution in [1.29, 1.82) is 0 Å². The lowest BCUT2D eigenvalue weighted by atomic mass is 10.1. The van der Waals surface area contributed by atoms with Gasteiger partial charge >= 0.3 is 0 Å². The molecule has 1 aliphatic rings. The number of nitrogens with one attached hydrogen (secondary N) is 1. The molecule has 1 fully saturated rings. The van der Waals surface area contributed by atoms with Crippen LogP contribution in [0.25, 0.3) is 0 Å². The molecule has 24 heavy (non-hydrogen) atoms. The Kier molecular flexibility index (Phi) is 7.23. The summed E-state index contributed by atoms with van der Waals surface area (Å²) in [5.74, 6) is -1.95. The first-order valence-electron chi connectivity index (χ1n) is 7.51. The van der Waals surface area contributed by atoms with Crippen LogP contribution in [0.15, 0.2) is 18.2 Å². The van der Waals surface area contributed by atoms with Gasteiger partial charge in [0, 0.05) is 19.5 Å². The number of halogens is 3. The molecule has 0 bridgehead atoms. The molecule has 1 aliphatic heterocycles. The van der Waals surface area contributed by atoms with Gasteiger partial charge in [0.05, 0.1) is 26.8 Å². The van der Waals surface area contributed by atoms with Gasteiger partial charge in [-0.15, -0.1) is 12.4 Å². The maximum atomic E-state index is 13.3. The van der Waals surface area contributed by atoms with Crippen molar-refractivity contribution in [2.45, 2.75) is 31.9 Å². The van der Waals surface area contributed by atoms with Gasteiger partial charge in [-0.1, -0.05) is 6.07 Å². The van der Waals surface area contributed by atoms with Crippen LogP contribution in [-0.4, -0.2) is 50.1 Å². The monoisotopic (exact) mass is 364 g/mol. The van der Waals surface area contributed by atoms with Crippen molar-refractivity contribution >= 4 is 18.3 Å². The number of hydrogen-bond acceptors (Lipinski definition) is 4. The largest absolute Gasteiger partial charge is 0.493 e. The Hall–Kier alpha value is -1.60. The molecule has 1 amide bonds. The number of hydrogen-bond donors (Lipinski definition) is 1. The van der Waals surface area contributed by atoms with Crippen molar-refractivity contribution in [3.05, 3.63) is 23.8 Å². The lowest BCUT2D eigenvalue weighted by Gasteiger charge is -2.24. The van der Waals surface area contributed by atoms with Gasteiger partial charge in [0.2, 0.25) is 5.91 Å². The molecule has 1 atom stereocenters. The highest BCUT2D eigenvalue weighted by Crippen LogP contribution is 2.29. The molecule has 0 saturated carbocycles. The second kappa shape index (κ2) is 8.48. The molecule has 1 aromatic carbocycles. The smallest absolute Gasteiger partial charge is 0.262 e. The lowest BCUT2D eigenvalue weighted by Crippen LogP contribution is -2.43. The molecule has 1 heterocycles. The summed E-state index contributed by atoms with van der Waals surface area (Å²) >= 11 is 0. The van der Waals surface area contributed by atoms with Crippen LogP contribution in [0.4, 0.5) is 8.78 Å². The Morgan fingerprint density at radius 2 is 2.00 bits per heavy atom. The molecular formula is C16H23ClF2N2O3. The minimum Gasteiger partial charge on any atom is -0.493 e. The summed E-state index contributed by atoms with van der Waals surface area (Å²) in [6, 6.07) is 4.54. The van der Waals surface area contributed by atoms with E-state index in [1.54, 1.807) is 24.1 Å². The van der Waals surface area contributed by atoms with E-state index in [9.17, 15) is 13.6 Å². The number of amides is 1. The van der Waals surface area contributed by atoms with Crippen LogP contribution < -0.4 is 14.8 Å². The van der Waals surface area contributed by atoms with E-state index < -0.39 is 24.9 Å². The van der Waals surface area contributed by atoms with E-state index in [0.717, 1.165) is 5.56 Å². The second-order valence-electron chi connectivity index (χ2n) is 5.54. The Balaban J connectivity index is 0.00000288. The standard InChI is InChI=1S/C16H22F2N2O3.ClH/c1-4-20(15(21)12-8-16(17,18)10-19-12)9-11-5-6-13(22-2)14(7-11)23-3;/h5-7,12,19H,4,8-10H2,1-3H3;1H. The number of likely N-dealkylation sites (N-methyl/N-ethyl adjacent to an activating group) is 1. The van der Waals surface area contributed by atoms with Crippen LogP contribution in [-0.2, 0) is 11.3 Å². The van der Waals surface area contributed by atoms with Crippen molar-refractivity contribution in [3.63, 3.8) is 0 Å². The molecule has 0 radical (unpaired) electrons. The van der Waals surface area contributed by atoms with Crippen molar-refractivity contribution in [2.24, 2.45) is 0 Å². The number of rotatable bonds is 6. The summed E-state index contributed by atoms with van der Waals surface area (Å²) in [5, 5.41) is 2.60. The molecule has 0 aromatic heterocycles. The third kappa shape index (κ3) is 4.70. The third-order valence-corrected chi connectivity index (χ3v) is 3.92. The second-order valence-corrected chi connectivity index (χ2v) is 5.54. The lowest BCUT2D eigenvalue weighted by molar-refractivity contribution is -0.134. The first-order valence-corrected chi connectivity index (χ1v) is 7.51. The van der Waals surface area contributed by atoms with E-state index in [1.165, 1.54) is 7.11 Å². The van der Waals surface area contributed by atoms with Crippen LogP contribution in [0.2, 0.25) is 0 Å². The quantitative estimate of drug-likeness (QED) is 0.842. The highest BCUT2D eigenvalue weighted by Gasteiger charge is 2.43. The number of methoxy groups -OCH3 is 2. The van der Waals surface area contributed by atoms with Gasteiger partial charge in [0.1, 0.15) is 0 Å². The number of ether oxygens (including phenoxy) is 2. The van der Waals surface area contributed by atoms with E-state index in [1.807, 2.05) is 13.0 Å². The predicted octanol–water partition coefficient (Wildman–Crippen LogP) is 2.47. The van der Waals surface area contributed by atoms with Gasteiger partial charge in [-0.25, -0.2) is 8.78 Å². The van der Waals surface area contributed by atoms with E-state index >= 15 is 0 Å². The summed E-state index contributed by atoms with van der Waals surface area (Å²) in [6.45, 7) is 2.15. The Morgan fingerprint density at radius 1 is 1.33 bits per heavy atom. The molecule has 1 N–H and O–H groups in total. The number of benzene rings is 1. The SMILES string of the molecule is CCN(Cc1ccc(OC)c(OC)c1)C(=O)C1CC(F)(F)CN1.Cl. The van der Waals surface area contributed by atoms with Gasteiger partial charge in [0.15, 0.2) is 11.5 Å². The van der Waals surface area contributed by atoms with Crippen molar-refractivity contribution in [1.82, 2.24) is 10.2 Å². The molecule has 1 saturated heterocycles. The minimum atomic E-state index is -2.82. The van der Waals surface area contributed by atoms with Crippen molar-refractivity contribution < 1.29 is 23.0 Å². The Morgan fingerprint density at radius 3 is 2.50 bits per heavy atom. The number of alkyl halides is 2. The molecule has 1 aromatic rings. The van der Waals surface area contributed by atoms with Crippen molar-refractivity contribution in [3.8, 4) is 11.5 Å². The first-order chi connectivity index (χ1) is 10.9. The molecular weight excluding hydrogens is 342 g/mol. The normalized spacial score (nSPS) is 18.6. The van der Waals surface area contributed by atoms with Gasteiger partial charge < -0.3 is 14.4 Å². The van der Waals surface area contributed by atoms with E-state index in [0.29, 0.717) is 24.6 Å². The average Bonchev–Trinajstić information content (AvgIpc) is 2.91. The predicted molar refractivity (Wildman–Crippen MR) is 89.2 cm³/mol. The highest BCUT2D eigenvalue weighted by molar-refractivity contribution is 5.85. The fraction of sp³-hybridized carbons (Fsp3) is 0.562. The van der Waals surface area contributed by atoms with E-state index in [4.69, 9.17) is 9.47 Å². The summed E-state index contributed by atoms with van der Waals surface area (Å²) < 4.78 is 37.0. The zero-order valence-corrected chi connectivity index (χ0v) is 14.8. The molecule has 2 rings (SSSR count). The zero-order chi connectivity index (χ0) is 17.0. The van der Waals surface area contributed by atoms with Gasteiger partial charge in [-0.05, 0) is 24.6 Å². The summed E-state index contributed by atoms with van der Waals surface area (Å²) in [5.41, 5.74) is 0.850. The molecule has 1 unspecified atom stereocenters. The van der Waals surface area contributed by atoms with E-state index in [-0.39, 0.29) is 18.3 Å². The van der Waals surface area contributed by atoms with Crippen LogP contribution in [0.1, 0.15) is 18.9 Å². The van der Waals surface area contributed by atoms with Crippen LogP contribution in [0.3, 0.4) is 0 Å². The van der Waals surface area contributed by atoms with Crippen LogP contribution in [0, 0.1) is 0 Å². The summed E-state index contributed by atoms with van der Waals surface area (Å²) in [6.07, 6.45) is -0.450.